The lowest BCUT2D eigenvalue weighted by Crippen LogP contribution is -2.48. The fraction of sp³-hybridized carbons (Fsp3) is 0.520. The molecule has 3 heterocycles. The fourth-order valence-electron chi connectivity index (χ4n) is 4.52. The summed E-state index contributed by atoms with van der Waals surface area (Å²) in [5.74, 6) is -2.61. The van der Waals surface area contributed by atoms with E-state index in [1.807, 2.05) is 18.9 Å². The summed E-state index contributed by atoms with van der Waals surface area (Å²) in [4.78, 5) is 53.9. The Labute approximate surface area is 226 Å². The topological polar surface area (TPSA) is 191 Å². The van der Waals surface area contributed by atoms with Gasteiger partial charge in [-0.1, -0.05) is 0 Å². The number of ether oxygens (including phenoxy) is 1. The zero-order valence-electron chi connectivity index (χ0n) is 23.0. The first-order valence-electron chi connectivity index (χ1n) is 12.6. The molecule has 13 nitrogen and oxygen atoms in total. The summed E-state index contributed by atoms with van der Waals surface area (Å²) in [7, 11) is 6.35. The SMILES string of the molecule is CN.CN.CNC(=O)[C@H](CC(N)=O)NC(=O)c1cn2c3c(c(N4CCN(C)CC4)c(F)cc3c1=O)OCC2C. The molecule has 1 unspecified atom stereocenters. The van der Waals surface area contributed by atoms with Gasteiger partial charge in [-0.25, -0.2) is 4.39 Å². The van der Waals surface area contributed by atoms with Gasteiger partial charge in [0.25, 0.3) is 5.91 Å². The zero-order chi connectivity index (χ0) is 29.4. The molecule has 8 N–H and O–H groups in total. The fourth-order valence-corrected chi connectivity index (χ4v) is 4.52. The monoisotopic (exact) mass is 550 g/mol. The van der Waals surface area contributed by atoms with Gasteiger partial charge in [0.15, 0.2) is 11.6 Å². The van der Waals surface area contributed by atoms with Gasteiger partial charge in [0.05, 0.1) is 23.4 Å². The molecule has 216 valence electrons. The molecule has 2 aliphatic heterocycles. The number of pyridine rings is 1. The molecule has 14 heteroatoms. The van der Waals surface area contributed by atoms with Gasteiger partial charge in [0.1, 0.15) is 23.9 Å². The largest absolute Gasteiger partial charge is 0.487 e. The van der Waals surface area contributed by atoms with E-state index in [1.165, 1.54) is 27.3 Å². The number of piperazine rings is 1. The average molecular weight is 551 g/mol. The lowest BCUT2D eigenvalue weighted by atomic mass is 10.0. The summed E-state index contributed by atoms with van der Waals surface area (Å²) in [6, 6.07) is -0.360. The molecule has 1 aromatic heterocycles. The van der Waals surface area contributed by atoms with Crippen LogP contribution in [-0.2, 0) is 9.59 Å². The van der Waals surface area contributed by atoms with Gasteiger partial charge >= 0.3 is 0 Å². The first-order valence-corrected chi connectivity index (χ1v) is 12.6. The van der Waals surface area contributed by atoms with E-state index in [0.29, 0.717) is 24.3 Å². The van der Waals surface area contributed by atoms with Gasteiger partial charge < -0.3 is 46.9 Å². The second-order valence-electron chi connectivity index (χ2n) is 8.97. The molecule has 39 heavy (non-hydrogen) atoms. The molecule has 0 spiro atoms. The van der Waals surface area contributed by atoms with Crippen LogP contribution in [0.5, 0.6) is 5.75 Å². The van der Waals surface area contributed by atoms with E-state index >= 15 is 4.39 Å². The number of nitrogens with two attached hydrogens (primary N) is 3. The highest BCUT2D eigenvalue weighted by Gasteiger charge is 2.32. The van der Waals surface area contributed by atoms with Crippen LogP contribution in [0.1, 0.15) is 29.7 Å². The molecule has 2 aromatic rings. The van der Waals surface area contributed by atoms with Crippen molar-refractivity contribution in [3.63, 3.8) is 0 Å². The van der Waals surface area contributed by atoms with Crippen molar-refractivity contribution in [1.29, 1.82) is 0 Å². The van der Waals surface area contributed by atoms with Crippen LogP contribution in [0, 0.1) is 5.82 Å². The van der Waals surface area contributed by atoms with E-state index in [2.05, 4.69) is 27.0 Å². The number of likely N-dealkylation sites (N-methyl/N-ethyl adjacent to an activating group) is 2. The van der Waals surface area contributed by atoms with Crippen molar-refractivity contribution in [1.82, 2.24) is 20.1 Å². The molecule has 4 rings (SSSR count). The van der Waals surface area contributed by atoms with Crippen LogP contribution in [0.3, 0.4) is 0 Å². The Bertz CT molecular complexity index is 1260. The zero-order valence-corrected chi connectivity index (χ0v) is 23.0. The normalized spacial score (nSPS) is 17.0. The summed E-state index contributed by atoms with van der Waals surface area (Å²) in [5, 5.41) is 4.75. The Morgan fingerprint density at radius 2 is 1.77 bits per heavy atom. The minimum Gasteiger partial charge on any atom is -0.487 e. The van der Waals surface area contributed by atoms with Gasteiger partial charge in [-0.2, -0.15) is 0 Å². The predicted octanol–water partition coefficient (Wildman–Crippen LogP) is -1.28. The van der Waals surface area contributed by atoms with Crippen LogP contribution >= 0.6 is 0 Å². The second kappa shape index (κ2) is 13.9. The van der Waals surface area contributed by atoms with E-state index < -0.39 is 41.4 Å². The second-order valence-corrected chi connectivity index (χ2v) is 8.97. The number of amides is 3. The molecule has 1 aromatic carbocycles. The number of rotatable bonds is 6. The van der Waals surface area contributed by atoms with E-state index in [9.17, 15) is 19.2 Å². The van der Waals surface area contributed by atoms with Crippen LogP contribution in [0.25, 0.3) is 10.9 Å². The number of carbonyl (C=O) groups excluding carboxylic acids is 3. The summed E-state index contributed by atoms with van der Waals surface area (Å²) < 4.78 is 23.1. The van der Waals surface area contributed by atoms with Gasteiger partial charge in [0, 0.05) is 39.4 Å². The third-order valence-electron chi connectivity index (χ3n) is 6.48. The number of anilines is 1. The highest BCUT2D eigenvalue weighted by atomic mass is 19.1. The van der Waals surface area contributed by atoms with Crippen molar-refractivity contribution in [2.45, 2.75) is 25.4 Å². The number of nitrogens with one attached hydrogen (secondary N) is 2. The van der Waals surface area contributed by atoms with Gasteiger partial charge in [0.2, 0.25) is 17.2 Å². The van der Waals surface area contributed by atoms with E-state index in [1.54, 1.807) is 4.57 Å². The summed E-state index contributed by atoms with van der Waals surface area (Å²) in [6.07, 6.45) is 0.956. The molecule has 2 aliphatic rings. The molecule has 1 fully saturated rings. The molecule has 0 aliphatic carbocycles. The average Bonchev–Trinajstić information content (AvgIpc) is 2.93. The number of hydrogen-bond donors (Lipinski definition) is 5. The predicted molar refractivity (Wildman–Crippen MR) is 147 cm³/mol. The van der Waals surface area contributed by atoms with Crippen LogP contribution in [0.15, 0.2) is 17.1 Å². The minimum absolute atomic E-state index is 0.000900. The van der Waals surface area contributed by atoms with Crippen LogP contribution in [0.4, 0.5) is 10.1 Å². The highest BCUT2D eigenvalue weighted by molar-refractivity contribution is 6.02. The minimum atomic E-state index is -1.26. The highest BCUT2D eigenvalue weighted by Crippen LogP contribution is 2.42. The quantitative estimate of drug-likeness (QED) is 0.291. The Morgan fingerprint density at radius 1 is 1.15 bits per heavy atom. The maximum absolute atomic E-state index is 15.4. The smallest absolute Gasteiger partial charge is 0.257 e. The first kappa shape index (κ1) is 31.5. The van der Waals surface area contributed by atoms with Crippen LogP contribution < -0.4 is 42.9 Å². The van der Waals surface area contributed by atoms with Gasteiger partial charge in [-0.05, 0) is 34.1 Å². The Morgan fingerprint density at radius 3 is 2.33 bits per heavy atom. The molecule has 2 atom stereocenters. The van der Waals surface area contributed by atoms with Crippen molar-refractivity contribution >= 4 is 34.3 Å². The number of hydrogen-bond acceptors (Lipinski definition) is 9. The van der Waals surface area contributed by atoms with Crippen LogP contribution in [0.2, 0.25) is 0 Å². The number of primary amides is 1. The van der Waals surface area contributed by atoms with Gasteiger partial charge in [-0.15, -0.1) is 0 Å². The standard InChI is InChI=1S/C23H29FN6O5.2CH5N/c1-12-11-35-21-18-13(8-15(24)19(21)29-6-4-28(3)5-7-29)20(32)14(10-30(12)18)22(33)27-16(9-17(25)31)23(34)26-2;2*1-2/h8,10,12,16H,4-7,9,11H2,1-3H3,(H2,25,31)(H,26,34)(H,27,33);2*2H2,1H3/t12?,16-;;/m0../s1. The van der Waals surface area contributed by atoms with E-state index in [-0.39, 0.29) is 29.3 Å². The maximum Gasteiger partial charge on any atom is 0.257 e. The molecule has 0 radical (unpaired) electrons. The van der Waals surface area contributed by atoms with E-state index in [0.717, 1.165) is 19.2 Å². The maximum atomic E-state index is 15.4. The lowest BCUT2D eigenvalue weighted by molar-refractivity contribution is -0.126. The number of benzene rings is 1. The third kappa shape index (κ3) is 6.64. The van der Waals surface area contributed by atoms with Crippen molar-refractivity contribution in [3.8, 4) is 5.75 Å². The molecule has 0 saturated carbocycles. The van der Waals surface area contributed by atoms with Crippen molar-refractivity contribution in [2.24, 2.45) is 17.2 Å². The number of aromatic nitrogens is 1. The molecule has 0 bridgehead atoms. The Balaban J connectivity index is 0.00000127. The lowest BCUT2D eigenvalue weighted by Gasteiger charge is -2.37. The Kier molecular flexibility index (Phi) is 11.2. The van der Waals surface area contributed by atoms with Crippen LogP contribution in [-0.4, -0.2) is 94.2 Å². The first-order chi connectivity index (χ1) is 18.6. The van der Waals surface area contributed by atoms with E-state index in [4.69, 9.17) is 10.5 Å². The molecular formula is C25H39FN8O5. The molecular weight excluding hydrogens is 511 g/mol. The molecule has 3 amide bonds. The van der Waals surface area contributed by atoms with Crippen molar-refractivity contribution in [3.05, 3.63) is 33.9 Å². The van der Waals surface area contributed by atoms with Crippen molar-refractivity contribution < 1.29 is 23.5 Å². The van der Waals surface area contributed by atoms with Crippen molar-refractivity contribution in [2.75, 3.05) is 65.9 Å². The summed E-state index contributed by atoms with van der Waals surface area (Å²) in [5.41, 5.74) is 13.9. The molecule has 1 saturated heterocycles. The summed E-state index contributed by atoms with van der Waals surface area (Å²) in [6.45, 7) is 4.81. The summed E-state index contributed by atoms with van der Waals surface area (Å²) >= 11 is 0. The van der Waals surface area contributed by atoms with Gasteiger partial charge in [-0.3, -0.25) is 19.2 Å². The number of halogens is 1. The Hall–Kier alpha value is -3.75. The third-order valence-corrected chi connectivity index (χ3v) is 6.48. The number of nitrogens with zero attached hydrogens (tertiary/aromatic N) is 3. The number of carbonyl (C=O) groups is 3.